The Morgan fingerprint density at radius 3 is 2.75 bits per heavy atom. The zero-order chi connectivity index (χ0) is 5.61. The van der Waals surface area contributed by atoms with Gasteiger partial charge >= 0.3 is 0 Å². The molecular weight excluding hydrogens is 106 g/mol. The van der Waals surface area contributed by atoms with Crippen LogP contribution < -0.4 is 5.73 Å². The summed E-state index contributed by atoms with van der Waals surface area (Å²) in [6.07, 6.45) is 1.29. The lowest BCUT2D eigenvalue weighted by Crippen LogP contribution is -2.25. The van der Waals surface area contributed by atoms with E-state index in [0.717, 1.165) is 13.0 Å². The Bertz CT molecular complexity index is 107. The van der Waals surface area contributed by atoms with E-state index in [1.807, 2.05) is 0 Å². The van der Waals surface area contributed by atoms with E-state index in [0.29, 0.717) is 12.7 Å². The number of epoxide rings is 2. The quantitative estimate of drug-likeness (QED) is 0.492. The molecule has 0 saturated carbocycles. The van der Waals surface area contributed by atoms with Gasteiger partial charge in [-0.2, -0.15) is 0 Å². The molecule has 0 aromatic rings. The second-order valence-electron chi connectivity index (χ2n) is 2.51. The van der Waals surface area contributed by atoms with Crippen LogP contribution in [-0.4, -0.2) is 25.0 Å². The van der Waals surface area contributed by atoms with Crippen LogP contribution in [0.4, 0.5) is 0 Å². The molecule has 0 amide bonds. The van der Waals surface area contributed by atoms with Crippen molar-refractivity contribution in [3.8, 4) is 0 Å². The van der Waals surface area contributed by atoms with Gasteiger partial charge in [-0.1, -0.05) is 0 Å². The molecule has 46 valence electrons. The minimum absolute atomic E-state index is 0.291. The lowest BCUT2D eigenvalue weighted by molar-refractivity contribution is 0.266. The zero-order valence-electron chi connectivity index (χ0n) is 4.59. The van der Waals surface area contributed by atoms with Gasteiger partial charge in [-0.05, 0) is 0 Å². The van der Waals surface area contributed by atoms with E-state index in [2.05, 4.69) is 0 Å². The van der Waals surface area contributed by atoms with Crippen LogP contribution in [0.1, 0.15) is 6.42 Å². The van der Waals surface area contributed by atoms with Crippen LogP contribution in [0.2, 0.25) is 0 Å². The number of nitrogens with two attached hydrogens (primary N) is 1. The van der Waals surface area contributed by atoms with E-state index in [4.69, 9.17) is 15.2 Å². The summed E-state index contributed by atoms with van der Waals surface area (Å²) in [5.74, 6) is 0. The molecule has 2 unspecified atom stereocenters. The predicted octanol–water partition coefficient (Wildman–Crippen LogP) is -0.540. The highest BCUT2D eigenvalue weighted by Crippen LogP contribution is 2.30. The van der Waals surface area contributed by atoms with E-state index < -0.39 is 0 Å². The molecule has 2 rings (SSSR count). The van der Waals surface area contributed by atoms with Crippen molar-refractivity contribution in [2.45, 2.75) is 18.2 Å². The topological polar surface area (TPSA) is 51.1 Å². The Morgan fingerprint density at radius 2 is 2.38 bits per heavy atom. The molecule has 2 aliphatic rings. The Hall–Kier alpha value is -0.120. The van der Waals surface area contributed by atoms with Crippen molar-refractivity contribution in [3.05, 3.63) is 0 Å². The van der Waals surface area contributed by atoms with Gasteiger partial charge in [0.2, 0.25) is 0 Å². The highest BCUT2D eigenvalue weighted by Gasteiger charge is 2.45. The summed E-state index contributed by atoms with van der Waals surface area (Å²) in [5.41, 5.74) is 5.29. The minimum Gasteiger partial charge on any atom is -0.373 e. The van der Waals surface area contributed by atoms with Crippen molar-refractivity contribution in [2.75, 3.05) is 13.2 Å². The summed E-state index contributed by atoms with van der Waals surface area (Å²) < 4.78 is 9.91. The van der Waals surface area contributed by atoms with E-state index in [1.54, 1.807) is 0 Å². The van der Waals surface area contributed by atoms with E-state index in [1.165, 1.54) is 0 Å². The van der Waals surface area contributed by atoms with Gasteiger partial charge in [0, 0.05) is 6.42 Å². The van der Waals surface area contributed by atoms with Gasteiger partial charge < -0.3 is 15.2 Å². The smallest absolute Gasteiger partial charge is 0.143 e. The van der Waals surface area contributed by atoms with Gasteiger partial charge in [-0.15, -0.1) is 0 Å². The van der Waals surface area contributed by atoms with Crippen LogP contribution in [0.15, 0.2) is 0 Å². The van der Waals surface area contributed by atoms with Crippen molar-refractivity contribution in [2.24, 2.45) is 5.73 Å². The van der Waals surface area contributed by atoms with Crippen molar-refractivity contribution < 1.29 is 9.47 Å². The monoisotopic (exact) mass is 115 g/mol. The molecule has 0 bridgehead atoms. The first kappa shape index (κ1) is 4.73. The fraction of sp³-hybridized carbons (Fsp3) is 1.00. The molecule has 2 fully saturated rings. The zero-order valence-corrected chi connectivity index (χ0v) is 4.59. The molecule has 2 heterocycles. The summed E-state index contributed by atoms with van der Waals surface area (Å²) in [4.78, 5) is 0. The molecule has 2 aliphatic heterocycles. The van der Waals surface area contributed by atoms with Crippen molar-refractivity contribution in [1.29, 1.82) is 0 Å². The number of hydrogen-bond acceptors (Lipinski definition) is 3. The highest BCUT2D eigenvalue weighted by molar-refractivity contribution is 4.91. The van der Waals surface area contributed by atoms with Gasteiger partial charge in [-0.25, -0.2) is 0 Å². The van der Waals surface area contributed by atoms with Crippen LogP contribution in [0, 0.1) is 0 Å². The number of rotatable bonds is 2. The fourth-order valence-corrected chi connectivity index (χ4v) is 0.782. The van der Waals surface area contributed by atoms with Crippen molar-refractivity contribution >= 4 is 0 Å². The summed E-state index contributed by atoms with van der Waals surface area (Å²) in [5, 5.41) is 0. The van der Waals surface area contributed by atoms with Crippen LogP contribution in [-0.2, 0) is 9.47 Å². The Morgan fingerprint density at radius 1 is 1.75 bits per heavy atom. The van der Waals surface area contributed by atoms with Crippen LogP contribution in [0.5, 0.6) is 0 Å². The first-order chi connectivity index (χ1) is 3.79. The first-order valence-electron chi connectivity index (χ1n) is 2.83. The van der Waals surface area contributed by atoms with Gasteiger partial charge in [0.05, 0.1) is 19.3 Å². The van der Waals surface area contributed by atoms with Crippen molar-refractivity contribution in [1.82, 2.24) is 0 Å². The molecule has 2 atom stereocenters. The highest BCUT2D eigenvalue weighted by atomic mass is 16.6. The Kier molecular flexibility index (Phi) is 0.730. The van der Waals surface area contributed by atoms with E-state index in [-0.39, 0.29) is 5.72 Å². The SMILES string of the molecule is NC1(CC2CO2)CO1. The number of hydrogen-bond donors (Lipinski definition) is 1. The predicted molar refractivity (Wildman–Crippen MR) is 27.2 cm³/mol. The van der Waals surface area contributed by atoms with E-state index >= 15 is 0 Å². The average molecular weight is 115 g/mol. The normalized spacial score (nSPS) is 51.4. The molecule has 0 aromatic heterocycles. The third-order valence-corrected chi connectivity index (χ3v) is 1.49. The first-order valence-corrected chi connectivity index (χ1v) is 2.83. The van der Waals surface area contributed by atoms with Crippen LogP contribution in [0.3, 0.4) is 0 Å². The second-order valence-corrected chi connectivity index (χ2v) is 2.51. The van der Waals surface area contributed by atoms with Gasteiger partial charge in [0.15, 0.2) is 0 Å². The average Bonchev–Trinajstić information content (AvgIpc) is 2.49. The third-order valence-electron chi connectivity index (χ3n) is 1.49. The maximum Gasteiger partial charge on any atom is 0.143 e. The van der Waals surface area contributed by atoms with Crippen LogP contribution in [0.25, 0.3) is 0 Å². The Balaban J connectivity index is 1.81. The van der Waals surface area contributed by atoms with Gasteiger partial charge in [0.25, 0.3) is 0 Å². The molecular formula is C5H9NO2. The number of ether oxygens (including phenoxy) is 2. The molecule has 0 spiro atoms. The summed E-state index contributed by atoms with van der Waals surface area (Å²) in [6.45, 7) is 1.59. The molecule has 0 aliphatic carbocycles. The molecule has 3 nitrogen and oxygen atoms in total. The molecule has 2 saturated heterocycles. The van der Waals surface area contributed by atoms with Gasteiger partial charge in [-0.3, -0.25) is 0 Å². The van der Waals surface area contributed by atoms with Crippen molar-refractivity contribution in [3.63, 3.8) is 0 Å². The summed E-state index contributed by atoms with van der Waals surface area (Å²) in [6, 6.07) is 0. The summed E-state index contributed by atoms with van der Waals surface area (Å²) >= 11 is 0. The van der Waals surface area contributed by atoms with Crippen LogP contribution >= 0.6 is 0 Å². The molecule has 0 aromatic carbocycles. The maximum atomic E-state index is 5.59. The maximum absolute atomic E-state index is 5.59. The molecule has 2 N–H and O–H groups in total. The third kappa shape index (κ3) is 0.844. The summed E-state index contributed by atoms with van der Waals surface area (Å²) in [7, 11) is 0. The molecule has 3 heteroatoms. The van der Waals surface area contributed by atoms with E-state index in [9.17, 15) is 0 Å². The second kappa shape index (κ2) is 1.23. The Labute approximate surface area is 47.8 Å². The minimum atomic E-state index is -0.291. The molecule has 8 heavy (non-hydrogen) atoms. The lowest BCUT2D eigenvalue weighted by atomic mass is 10.2. The standard InChI is InChI=1S/C5H9NO2/c6-5(3-8-5)1-4-2-7-4/h4H,1-3,6H2. The fourth-order valence-electron chi connectivity index (χ4n) is 0.782. The molecule has 0 radical (unpaired) electrons. The lowest BCUT2D eigenvalue weighted by Gasteiger charge is -1.97. The van der Waals surface area contributed by atoms with Gasteiger partial charge in [0.1, 0.15) is 5.72 Å². The largest absolute Gasteiger partial charge is 0.373 e.